The van der Waals surface area contributed by atoms with Crippen LogP contribution < -0.4 is 10.9 Å². The van der Waals surface area contributed by atoms with Crippen LogP contribution in [0, 0.1) is 0 Å². The van der Waals surface area contributed by atoms with Crippen molar-refractivity contribution in [1.29, 1.82) is 0 Å². The van der Waals surface area contributed by atoms with Crippen molar-refractivity contribution in [1.82, 2.24) is 10.9 Å². The van der Waals surface area contributed by atoms with Crippen molar-refractivity contribution in [2.75, 3.05) is 6.54 Å². The number of rotatable bonds is 0. The van der Waals surface area contributed by atoms with Crippen molar-refractivity contribution >= 4 is 5.71 Å². The molecule has 0 bridgehead atoms. The number of aliphatic imine (C=N–C) groups is 1. The van der Waals surface area contributed by atoms with E-state index >= 15 is 0 Å². The summed E-state index contributed by atoms with van der Waals surface area (Å²) in [5, 5.41) is 0. The maximum absolute atomic E-state index is 5.43. The van der Waals surface area contributed by atoms with E-state index in [4.69, 9.17) is 4.74 Å². The largest absolute Gasteiger partial charge is 0.461 e. The highest BCUT2D eigenvalue weighted by Gasteiger charge is 2.28. The molecule has 2 N–H and O–H groups in total. The number of nitrogens with zero attached hydrogens (tertiary/aromatic N) is 1. The van der Waals surface area contributed by atoms with Gasteiger partial charge in [-0.15, -0.1) is 0 Å². The molecule has 1 atom stereocenters. The molecule has 1 fully saturated rings. The van der Waals surface area contributed by atoms with Gasteiger partial charge >= 0.3 is 0 Å². The van der Waals surface area contributed by atoms with E-state index in [1.807, 2.05) is 6.08 Å². The first kappa shape index (κ1) is 7.06. The van der Waals surface area contributed by atoms with Crippen molar-refractivity contribution in [3.8, 4) is 0 Å². The average molecular weight is 175 g/mol. The molecule has 0 saturated carbocycles. The number of hydrogen-bond donors (Lipinski definition) is 2. The zero-order valence-corrected chi connectivity index (χ0v) is 6.95. The Balaban J connectivity index is 2.11. The third kappa shape index (κ3) is 0.961. The highest BCUT2D eigenvalue weighted by Crippen LogP contribution is 2.23. The van der Waals surface area contributed by atoms with E-state index in [1.54, 1.807) is 12.5 Å². The van der Waals surface area contributed by atoms with Crippen LogP contribution in [0.5, 0.6) is 0 Å². The molecule has 13 heavy (non-hydrogen) atoms. The Morgan fingerprint density at radius 1 is 1.54 bits per heavy atom. The van der Waals surface area contributed by atoms with Crippen LogP contribution in [0.2, 0.25) is 0 Å². The molecule has 3 aliphatic rings. The molecule has 2 aliphatic heterocycles. The zero-order valence-electron chi connectivity index (χ0n) is 6.95. The molecule has 0 aromatic heterocycles. The highest BCUT2D eigenvalue weighted by molar-refractivity contribution is 6.09. The van der Waals surface area contributed by atoms with Gasteiger partial charge in [0.05, 0.1) is 12.2 Å². The Kier molecular flexibility index (Phi) is 1.38. The monoisotopic (exact) mass is 175 g/mol. The summed E-state index contributed by atoms with van der Waals surface area (Å²) in [5.41, 5.74) is 8.36. The van der Waals surface area contributed by atoms with Crippen LogP contribution >= 0.6 is 0 Å². The smallest absolute Gasteiger partial charge is 0.154 e. The molecule has 0 aromatic rings. The predicted molar refractivity (Wildman–Crippen MR) is 48.8 cm³/mol. The first-order valence-electron chi connectivity index (χ1n) is 4.24. The summed E-state index contributed by atoms with van der Waals surface area (Å²) >= 11 is 0. The maximum Gasteiger partial charge on any atom is 0.154 e. The lowest BCUT2D eigenvalue weighted by molar-refractivity contribution is 0.364. The second kappa shape index (κ2) is 2.55. The summed E-state index contributed by atoms with van der Waals surface area (Å²) in [4.78, 5) is 4.22. The molecule has 0 amide bonds. The van der Waals surface area contributed by atoms with Crippen LogP contribution in [-0.4, -0.2) is 18.3 Å². The molecular formula is C9H9N3O. The van der Waals surface area contributed by atoms with Gasteiger partial charge in [0.1, 0.15) is 12.0 Å². The third-order valence-electron chi connectivity index (χ3n) is 2.34. The molecular weight excluding hydrogens is 166 g/mol. The Morgan fingerprint density at radius 2 is 2.54 bits per heavy atom. The molecule has 3 rings (SSSR count). The van der Waals surface area contributed by atoms with E-state index < -0.39 is 0 Å². The normalized spacial score (nSPS) is 29.5. The standard InChI is InChI=1S/C9H9N3O/c1-2-8-9(13-4-3-10-8)6-5-11-12-7(1)6/h1-4,7,11-12H,5H2. The Morgan fingerprint density at radius 3 is 3.54 bits per heavy atom. The minimum atomic E-state index is 0.264. The van der Waals surface area contributed by atoms with E-state index in [0.29, 0.717) is 0 Å². The van der Waals surface area contributed by atoms with Crippen molar-refractivity contribution in [3.63, 3.8) is 0 Å². The fourth-order valence-electron chi connectivity index (χ4n) is 1.71. The molecule has 0 radical (unpaired) electrons. The van der Waals surface area contributed by atoms with E-state index in [0.717, 1.165) is 18.0 Å². The second-order valence-corrected chi connectivity index (χ2v) is 3.11. The molecule has 4 heteroatoms. The van der Waals surface area contributed by atoms with Crippen LogP contribution in [0.25, 0.3) is 0 Å². The third-order valence-corrected chi connectivity index (χ3v) is 2.34. The van der Waals surface area contributed by atoms with Crippen LogP contribution in [0.3, 0.4) is 0 Å². The SMILES string of the molecule is C1=COC2=C3CNNC3C=CC2=N1. The lowest BCUT2D eigenvalue weighted by Crippen LogP contribution is -2.30. The van der Waals surface area contributed by atoms with Gasteiger partial charge in [0.2, 0.25) is 0 Å². The van der Waals surface area contributed by atoms with Gasteiger partial charge in [-0.05, 0) is 6.08 Å². The molecule has 1 unspecified atom stereocenters. The van der Waals surface area contributed by atoms with Gasteiger partial charge in [0, 0.05) is 12.1 Å². The fourth-order valence-corrected chi connectivity index (χ4v) is 1.71. The molecule has 2 heterocycles. The summed E-state index contributed by atoms with van der Waals surface area (Å²) < 4.78 is 5.43. The average Bonchev–Trinajstić information content (AvgIpc) is 2.65. The quantitative estimate of drug-likeness (QED) is 0.554. The highest BCUT2D eigenvalue weighted by atomic mass is 16.5. The summed E-state index contributed by atoms with van der Waals surface area (Å²) in [6.45, 7) is 0.817. The van der Waals surface area contributed by atoms with Crippen LogP contribution in [-0.2, 0) is 4.74 Å². The van der Waals surface area contributed by atoms with Gasteiger partial charge in [0.25, 0.3) is 0 Å². The Hall–Kier alpha value is -1.39. The molecule has 1 saturated heterocycles. The fraction of sp³-hybridized carbons (Fsp3) is 0.222. The van der Waals surface area contributed by atoms with Crippen molar-refractivity contribution in [2.45, 2.75) is 6.04 Å². The van der Waals surface area contributed by atoms with Gasteiger partial charge < -0.3 is 4.74 Å². The maximum atomic E-state index is 5.43. The molecule has 1 aliphatic carbocycles. The first-order valence-corrected chi connectivity index (χ1v) is 4.24. The predicted octanol–water partition coefficient (Wildman–Crippen LogP) is 0.229. The van der Waals surface area contributed by atoms with Gasteiger partial charge in [-0.1, -0.05) is 6.08 Å². The lowest BCUT2D eigenvalue weighted by atomic mass is 9.99. The second-order valence-electron chi connectivity index (χ2n) is 3.11. The van der Waals surface area contributed by atoms with Crippen molar-refractivity contribution < 1.29 is 4.74 Å². The first-order chi connectivity index (χ1) is 6.45. The van der Waals surface area contributed by atoms with Gasteiger partial charge in [0.15, 0.2) is 5.76 Å². The van der Waals surface area contributed by atoms with Gasteiger partial charge in [-0.2, -0.15) is 0 Å². The van der Waals surface area contributed by atoms with Crippen LogP contribution in [0.15, 0.2) is 40.9 Å². The van der Waals surface area contributed by atoms with Crippen LogP contribution in [0.1, 0.15) is 0 Å². The summed E-state index contributed by atoms with van der Waals surface area (Å²) in [7, 11) is 0. The van der Waals surface area contributed by atoms with Crippen LogP contribution in [0.4, 0.5) is 0 Å². The van der Waals surface area contributed by atoms with E-state index in [1.165, 1.54) is 5.57 Å². The summed E-state index contributed by atoms with van der Waals surface area (Å²) in [6, 6.07) is 0.264. The lowest BCUT2D eigenvalue weighted by Gasteiger charge is -2.19. The summed E-state index contributed by atoms with van der Waals surface area (Å²) in [5.74, 6) is 0.896. The van der Waals surface area contributed by atoms with E-state index in [-0.39, 0.29) is 6.04 Å². The molecule has 66 valence electrons. The van der Waals surface area contributed by atoms with Gasteiger partial charge in [-0.25, -0.2) is 10.4 Å². The Labute approximate surface area is 75.7 Å². The number of hydrogen-bond acceptors (Lipinski definition) is 4. The summed E-state index contributed by atoms with van der Waals surface area (Å²) in [6.07, 6.45) is 7.34. The number of nitrogens with one attached hydrogen (secondary N) is 2. The van der Waals surface area contributed by atoms with Gasteiger partial charge in [-0.3, -0.25) is 5.43 Å². The van der Waals surface area contributed by atoms with E-state index in [2.05, 4.69) is 21.9 Å². The number of fused-ring (bicyclic) bond motifs is 2. The van der Waals surface area contributed by atoms with E-state index in [9.17, 15) is 0 Å². The molecule has 0 aromatic carbocycles. The van der Waals surface area contributed by atoms with Crippen molar-refractivity contribution in [2.24, 2.45) is 4.99 Å². The van der Waals surface area contributed by atoms with Crippen molar-refractivity contribution in [3.05, 3.63) is 35.9 Å². The Bertz CT molecular complexity index is 365. The number of ether oxygens (including phenoxy) is 1. The topological polar surface area (TPSA) is 45.6 Å². The number of allylic oxidation sites excluding steroid dienone is 1. The zero-order chi connectivity index (χ0) is 8.67. The molecule has 4 nitrogen and oxygen atoms in total. The number of hydrazine groups is 1. The molecule has 0 spiro atoms. The minimum Gasteiger partial charge on any atom is -0.461 e. The minimum absolute atomic E-state index is 0.264.